The molecular formula is C15H16N2O2. The van der Waals surface area contributed by atoms with E-state index in [1.165, 1.54) is 11.6 Å². The zero-order valence-corrected chi connectivity index (χ0v) is 10.7. The summed E-state index contributed by atoms with van der Waals surface area (Å²) in [5.74, 6) is 0. The summed E-state index contributed by atoms with van der Waals surface area (Å²) in [6.07, 6.45) is 0. The van der Waals surface area contributed by atoms with Crippen LogP contribution in [0.3, 0.4) is 0 Å². The van der Waals surface area contributed by atoms with E-state index in [4.69, 9.17) is 0 Å². The van der Waals surface area contributed by atoms with Crippen molar-refractivity contribution >= 4 is 5.69 Å². The summed E-state index contributed by atoms with van der Waals surface area (Å²) in [6.45, 7) is 2.53. The van der Waals surface area contributed by atoms with Crippen LogP contribution in [0.2, 0.25) is 0 Å². The molecule has 98 valence electrons. The molecule has 0 aromatic heterocycles. The van der Waals surface area contributed by atoms with Crippen molar-refractivity contribution < 1.29 is 4.92 Å². The van der Waals surface area contributed by atoms with Gasteiger partial charge in [0.05, 0.1) is 4.92 Å². The number of hydrogen-bond donors (Lipinski definition) is 1. The Morgan fingerprint density at radius 3 is 2.42 bits per heavy atom. The van der Waals surface area contributed by atoms with Crippen molar-refractivity contribution in [1.29, 1.82) is 0 Å². The van der Waals surface area contributed by atoms with Gasteiger partial charge >= 0.3 is 0 Å². The minimum atomic E-state index is -0.343. The Morgan fingerprint density at radius 2 is 1.74 bits per heavy atom. The van der Waals surface area contributed by atoms with Crippen LogP contribution in [0.1, 0.15) is 24.1 Å². The summed E-state index contributed by atoms with van der Waals surface area (Å²) >= 11 is 0. The molecule has 0 bridgehead atoms. The maximum atomic E-state index is 10.9. The minimum Gasteiger partial charge on any atom is -0.306 e. The molecule has 2 aromatic rings. The highest BCUT2D eigenvalue weighted by molar-refractivity contribution is 5.39. The number of nitrogens with zero attached hydrogens (tertiary/aromatic N) is 1. The monoisotopic (exact) mass is 256 g/mol. The normalized spacial score (nSPS) is 12.1. The highest BCUT2D eigenvalue weighted by Gasteiger charge is 2.13. The molecule has 4 nitrogen and oxygen atoms in total. The summed E-state index contributed by atoms with van der Waals surface area (Å²) in [4.78, 5) is 10.6. The van der Waals surface area contributed by atoms with Crippen LogP contribution in [0.4, 0.5) is 5.69 Å². The summed E-state index contributed by atoms with van der Waals surface area (Å²) < 4.78 is 0. The fraction of sp³-hybridized carbons (Fsp3) is 0.200. The van der Waals surface area contributed by atoms with Gasteiger partial charge in [-0.1, -0.05) is 48.5 Å². The van der Waals surface area contributed by atoms with E-state index in [2.05, 4.69) is 5.32 Å². The van der Waals surface area contributed by atoms with Crippen LogP contribution < -0.4 is 5.32 Å². The molecule has 0 aliphatic rings. The number of nitro groups is 1. The molecule has 0 heterocycles. The third kappa shape index (κ3) is 3.39. The Hall–Kier alpha value is -2.20. The maximum Gasteiger partial charge on any atom is 0.273 e. The van der Waals surface area contributed by atoms with Gasteiger partial charge < -0.3 is 5.32 Å². The second-order valence-corrected chi connectivity index (χ2v) is 4.40. The van der Waals surface area contributed by atoms with Gasteiger partial charge in [-0.2, -0.15) is 0 Å². The van der Waals surface area contributed by atoms with E-state index in [0.717, 1.165) is 0 Å². The summed E-state index contributed by atoms with van der Waals surface area (Å²) in [7, 11) is 0. The fourth-order valence-electron chi connectivity index (χ4n) is 1.96. The predicted molar refractivity (Wildman–Crippen MR) is 74.8 cm³/mol. The average molecular weight is 256 g/mol. The molecule has 0 aliphatic carbocycles. The standard InChI is InChI=1S/C15H16N2O2/c1-12(13-7-3-2-4-8-13)16-11-14-9-5-6-10-15(14)17(18)19/h2-10,12,16H,11H2,1H3. The third-order valence-corrected chi connectivity index (χ3v) is 3.09. The van der Waals surface area contributed by atoms with Gasteiger partial charge in [0, 0.05) is 24.2 Å². The zero-order valence-electron chi connectivity index (χ0n) is 10.7. The average Bonchev–Trinajstić information content (AvgIpc) is 2.46. The fourth-order valence-corrected chi connectivity index (χ4v) is 1.96. The van der Waals surface area contributed by atoms with E-state index in [0.29, 0.717) is 12.1 Å². The van der Waals surface area contributed by atoms with Gasteiger partial charge in [-0.25, -0.2) is 0 Å². The molecule has 4 heteroatoms. The zero-order chi connectivity index (χ0) is 13.7. The highest BCUT2D eigenvalue weighted by Crippen LogP contribution is 2.19. The number of nitro benzene ring substituents is 1. The van der Waals surface area contributed by atoms with Gasteiger partial charge in [-0.3, -0.25) is 10.1 Å². The van der Waals surface area contributed by atoms with Crippen LogP contribution in [0, 0.1) is 10.1 Å². The molecular weight excluding hydrogens is 240 g/mol. The second-order valence-electron chi connectivity index (χ2n) is 4.40. The Labute approximate surface area is 112 Å². The molecule has 0 saturated heterocycles. The molecule has 19 heavy (non-hydrogen) atoms. The van der Waals surface area contributed by atoms with E-state index in [1.807, 2.05) is 43.3 Å². The Balaban J connectivity index is 2.05. The quantitative estimate of drug-likeness (QED) is 0.658. The number of benzene rings is 2. The third-order valence-electron chi connectivity index (χ3n) is 3.09. The summed E-state index contributed by atoms with van der Waals surface area (Å²) in [5, 5.41) is 14.2. The Morgan fingerprint density at radius 1 is 1.11 bits per heavy atom. The largest absolute Gasteiger partial charge is 0.306 e. The van der Waals surface area contributed by atoms with Crippen molar-refractivity contribution in [3.05, 3.63) is 75.8 Å². The van der Waals surface area contributed by atoms with Gasteiger partial charge in [-0.05, 0) is 12.5 Å². The van der Waals surface area contributed by atoms with Crippen molar-refractivity contribution in [3.63, 3.8) is 0 Å². The van der Waals surface area contributed by atoms with Gasteiger partial charge in [0.15, 0.2) is 0 Å². The van der Waals surface area contributed by atoms with Crippen molar-refractivity contribution in [2.45, 2.75) is 19.5 Å². The Kier molecular flexibility index (Phi) is 4.26. The molecule has 0 spiro atoms. The van der Waals surface area contributed by atoms with Crippen molar-refractivity contribution in [2.24, 2.45) is 0 Å². The molecule has 0 fully saturated rings. The number of nitrogens with one attached hydrogen (secondary N) is 1. The molecule has 1 N–H and O–H groups in total. The van der Waals surface area contributed by atoms with Crippen LogP contribution in [-0.2, 0) is 6.54 Å². The van der Waals surface area contributed by atoms with Gasteiger partial charge in [0.25, 0.3) is 5.69 Å². The molecule has 2 rings (SSSR count). The SMILES string of the molecule is CC(NCc1ccccc1[N+](=O)[O-])c1ccccc1. The van der Waals surface area contributed by atoms with E-state index in [-0.39, 0.29) is 16.7 Å². The van der Waals surface area contributed by atoms with Crippen LogP contribution >= 0.6 is 0 Å². The van der Waals surface area contributed by atoms with E-state index < -0.39 is 0 Å². The van der Waals surface area contributed by atoms with E-state index in [1.54, 1.807) is 12.1 Å². The first-order valence-electron chi connectivity index (χ1n) is 6.19. The second kappa shape index (κ2) is 6.11. The molecule has 0 amide bonds. The first kappa shape index (κ1) is 13.2. The van der Waals surface area contributed by atoms with Gasteiger partial charge in [0.1, 0.15) is 0 Å². The highest BCUT2D eigenvalue weighted by atomic mass is 16.6. The van der Waals surface area contributed by atoms with Crippen molar-refractivity contribution in [2.75, 3.05) is 0 Å². The lowest BCUT2D eigenvalue weighted by Gasteiger charge is -2.14. The van der Waals surface area contributed by atoms with Crippen LogP contribution in [0.25, 0.3) is 0 Å². The minimum absolute atomic E-state index is 0.154. The van der Waals surface area contributed by atoms with Crippen molar-refractivity contribution in [3.8, 4) is 0 Å². The maximum absolute atomic E-state index is 10.9. The molecule has 0 aliphatic heterocycles. The lowest BCUT2D eigenvalue weighted by molar-refractivity contribution is -0.385. The van der Waals surface area contributed by atoms with Gasteiger partial charge in [0.2, 0.25) is 0 Å². The lowest BCUT2D eigenvalue weighted by Crippen LogP contribution is -2.18. The van der Waals surface area contributed by atoms with E-state index in [9.17, 15) is 10.1 Å². The molecule has 0 radical (unpaired) electrons. The van der Waals surface area contributed by atoms with E-state index >= 15 is 0 Å². The van der Waals surface area contributed by atoms with Crippen LogP contribution in [-0.4, -0.2) is 4.92 Å². The number of rotatable bonds is 5. The summed E-state index contributed by atoms with van der Waals surface area (Å²) in [5.41, 5.74) is 2.03. The first-order chi connectivity index (χ1) is 9.18. The predicted octanol–water partition coefficient (Wildman–Crippen LogP) is 3.45. The van der Waals surface area contributed by atoms with Crippen molar-refractivity contribution in [1.82, 2.24) is 5.32 Å². The smallest absolute Gasteiger partial charge is 0.273 e. The summed E-state index contributed by atoms with van der Waals surface area (Å²) in [6, 6.07) is 17.0. The topological polar surface area (TPSA) is 55.2 Å². The lowest BCUT2D eigenvalue weighted by atomic mass is 10.1. The number of hydrogen-bond acceptors (Lipinski definition) is 3. The molecule has 1 atom stereocenters. The molecule has 0 saturated carbocycles. The van der Waals surface area contributed by atoms with Crippen LogP contribution in [0.5, 0.6) is 0 Å². The van der Waals surface area contributed by atoms with Gasteiger partial charge in [-0.15, -0.1) is 0 Å². The van der Waals surface area contributed by atoms with Crippen LogP contribution in [0.15, 0.2) is 54.6 Å². The first-order valence-corrected chi connectivity index (χ1v) is 6.19. The Bertz CT molecular complexity index is 555. The molecule has 1 unspecified atom stereocenters. The number of para-hydroxylation sites is 1. The molecule has 2 aromatic carbocycles.